The number of imidazole rings is 1. The molecule has 6 nitrogen and oxygen atoms in total. The predicted octanol–water partition coefficient (Wildman–Crippen LogP) is 14.4. The van der Waals surface area contributed by atoms with E-state index in [0.717, 1.165) is 76.4 Å². The molecule has 326 valence electrons. The third kappa shape index (κ3) is 7.47. The van der Waals surface area contributed by atoms with Crippen LogP contribution in [0.5, 0.6) is 11.6 Å². The van der Waals surface area contributed by atoms with E-state index in [0.29, 0.717) is 11.5 Å². The van der Waals surface area contributed by atoms with Gasteiger partial charge in [-0.05, 0) is 18.2 Å². The van der Waals surface area contributed by atoms with Gasteiger partial charge < -0.3 is 0 Å². The third-order valence-corrected chi connectivity index (χ3v) is 13.4. The Labute approximate surface area is 411 Å². The van der Waals surface area contributed by atoms with Crippen LogP contribution in [-0.4, -0.2) is 21.1 Å². The Morgan fingerprint density at radius 2 is 1.01 bits per heavy atom. The summed E-state index contributed by atoms with van der Waals surface area (Å²) in [6, 6.07) is 79.9. The van der Waals surface area contributed by atoms with Crippen molar-refractivity contribution in [3.05, 3.63) is 259 Å². The molecule has 1 aliphatic rings. The second-order valence-electron chi connectivity index (χ2n) is 16.5. The van der Waals surface area contributed by atoms with Crippen LogP contribution in [0.2, 0.25) is 0 Å². The van der Waals surface area contributed by atoms with Gasteiger partial charge >= 0.3 is 329 Å². The zero-order valence-electron chi connectivity index (χ0n) is 39.6. The van der Waals surface area contributed by atoms with E-state index in [1.807, 2.05) is 65.2 Å². The Balaban J connectivity index is 0.995. The Bertz CT molecular complexity index is 3840. The van der Waals surface area contributed by atoms with Crippen molar-refractivity contribution >= 4 is 46.4 Å². The number of fused-ring (bicyclic) bond motifs is 2. The van der Waals surface area contributed by atoms with Gasteiger partial charge in [-0.25, -0.2) is 0 Å². The molecule has 0 bridgehead atoms. The maximum absolute atomic E-state index is 9.48. The molecular formula is C60H42BN5OPt. The molecule has 12 rings (SSSR count). The quantitative estimate of drug-likeness (QED) is 0.128. The molecule has 0 saturated carbocycles. The molecule has 68 heavy (non-hydrogen) atoms. The zero-order chi connectivity index (χ0) is 48.0. The fourth-order valence-electron chi connectivity index (χ4n) is 9.45. The summed E-state index contributed by atoms with van der Waals surface area (Å²) in [6.45, 7) is -0.282. The second-order valence-corrected chi connectivity index (χ2v) is 17.5. The summed E-state index contributed by atoms with van der Waals surface area (Å²) in [5.74, 6) is 1.01. The van der Waals surface area contributed by atoms with Gasteiger partial charge in [0.15, 0.2) is 0 Å². The topological polar surface area (TPSA) is 38.5 Å². The molecule has 3 heterocycles. The van der Waals surface area contributed by atoms with Gasteiger partial charge in [0.25, 0.3) is 0 Å². The van der Waals surface area contributed by atoms with Crippen molar-refractivity contribution in [2.45, 2.75) is 0 Å². The van der Waals surface area contributed by atoms with Crippen LogP contribution in [0.15, 0.2) is 255 Å². The summed E-state index contributed by atoms with van der Waals surface area (Å²) < 4.78 is 39.6. The average Bonchev–Trinajstić information content (AvgIpc) is 3.93. The van der Waals surface area contributed by atoms with Crippen molar-refractivity contribution in [3.8, 4) is 56.4 Å². The summed E-state index contributed by atoms with van der Waals surface area (Å²) in [5, 5.41) is 0. The monoisotopic (exact) mass is 1060 g/mol. The molecule has 1 aliphatic heterocycles. The van der Waals surface area contributed by atoms with Crippen LogP contribution in [0.3, 0.4) is 0 Å². The van der Waals surface area contributed by atoms with Crippen molar-refractivity contribution < 1.29 is 28.2 Å². The summed E-state index contributed by atoms with van der Waals surface area (Å²) >= 11 is 2.35. The number of para-hydroxylation sites is 6. The van der Waals surface area contributed by atoms with E-state index >= 15 is 0 Å². The first-order chi connectivity index (χ1) is 34.9. The summed E-state index contributed by atoms with van der Waals surface area (Å²) in [4.78, 5) is 9.68. The van der Waals surface area contributed by atoms with Crippen LogP contribution in [0.4, 0.5) is 22.9 Å². The fraction of sp³-hybridized carbons (Fsp3) is 0. The van der Waals surface area contributed by atoms with Gasteiger partial charge in [0, 0.05) is 5.69 Å². The van der Waals surface area contributed by atoms with Gasteiger partial charge in [-0.2, -0.15) is 0 Å². The first kappa shape index (κ1) is 37.9. The normalized spacial score (nSPS) is 12.7. The summed E-state index contributed by atoms with van der Waals surface area (Å²) in [6.07, 6.45) is 0. The molecular weight excluding hydrogens is 1010 g/mol. The molecule has 11 aromatic rings. The van der Waals surface area contributed by atoms with Crippen LogP contribution in [0.25, 0.3) is 55.8 Å². The predicted molar refractivity (Wildman–Crippen MR) is 275 cm³/mol. The number of hydrogen-bond acceptors (Lipinski definition) is 4. The van der Waals surface area contributed by atoms with E-state index in [4.69, 9.17) is 9.72 Å². The molecule has 0 radical (unpaired) electrons. The van der Waals surface area contributed by atoms with Crippen LogP contribution >= 0.6 is 0 Å². The Morgan fingerprint density at radius 1 is 0.456 bits per heavy atom. The zero-order valence-corrected chi connectivity index (χ0v) is 38.8. The van der Waals surface area contributed by atoms with Gasteiger partial charge in [-0.15, -0.1) is 0 Å². The van der Waals surface area contributed by atoms with E-state index in [2.05, 4.69) is 197 Å². The standard InChI is InChI=1S/C60H42BN5O.Pt/c1-5-21-44(22-6-1)46-25-17-26-47(41-46)53-34-19-33-52(45-23-7-2-8-24-45)60(53)64-43-63(54-35-13-14-36-55(54)64)50-31-18-32-51(42-50)67-59-40-20-39-58(62-59)66-57-38-16-15-37-56(57)65(49-29-11-4-12-30-49)61(66)48-27-9-3-10-28-48;/h1-42H;/i18D,31D,32D;. The van der Waals surface area contributed by atoms with E-state index in [9.17, 15) is 4.11 Å². The van der Waals surface area contributed by atoms with Gasteiger partial charge in [-0.3, -0.25) is 0 Å². The SMILES string of the molecule is [2H]c1c(Oc2cccc(N3B(c4ccccc4)N(c4ccccc4)c4ccccc43)n2)cc(-n2[c](=[Pt])n(-c3c(-c4ccccc4)cccc3-c3cccc(-c4ccccc4)c3)c3ccccc32)c([2H])c1[2H]. The molecule has 0 spiro atoms. The van der Waals surface area contributed by atoms with E-state index in [-0.39, 0.29) is 36.7 Å². The number of aromatic nitrogens is 3. The van der Waals surface area contributed by atoms with Gasteiger partial charge in [0.1, 0.15) is 0 Å². The first-order valence-electron chi connectivity index (χ1n) is 24.0. The number of rotatable bonds is 10. The molecule has 9 aromatic carbocycles. The summed E-state index contributed by atoms with van der Waals surface area (Å²) in [7, 11) is 0. The Morgan fingerprint density at radius 3 is 1.75 bits per heavy atom. The second kappa shape index (κ2) is 17.9. The first-order valence-corrected chi connectivity index (χ1v) is 23.6. The fourth-order valence-corrected chi connectivity index (χ4v) is 10.5. The minimum atomic E-state index is -0.282. The number of hydrogen-bond donors (Lipinski definition) is 0. The molecule has 0 amide bonds. The van der Waals surface area contributed by atoms with Crippen molar-refractivity contribution in [2.24, 2.45) is 0 Å². The maximum atomic E-state index is 9.48. The van der Waals surface area contributed by atoms with E-state index in [1.165, 1.54) is 0 Å². The van der Waals surface area contributed by atoms with Crippen molar-refractivity contribution in [3.63, 3.8) is 0 Å². The molecule has 0 unspecified atom stereocenters. The number of benzene rings is 9. The van der Waals surface area contributed by atoms with Crippen molar-refractivity contribution in [1.29, 1.82) is 0 Å². The minimum absolute atomic E-state index is 0.0947. The van der Waals surface area contributed by atoms with Crippen LogP contribution in [-0.2, 0) is 19.4 Å². The van der Waals surface area contributed by atoms with Crippen molar-refractivity contribution in [1.82, 2.24) is 14.1 Å². The summed E-state index contributed by atoms with van der Waals surface area (Å²) in [5.41, 5.74) is 13.7. The molecule has 0 fully saturated rings. The van der Waals surface area contributed by atoms with Gasteiger partial charge in [0.2, 0.25) is 0 Å². The molecule has 0 aliphatic carbocycles. The molecule has 2 aromatic heterocycles. The van der Waals surface area contributed by atoms with E-state index < -0.39 is 0 Å². The molecule has 0 saturated heterocycles. The average molecular weight is 1060 g/mol. The Hall–Kier alpha value is -8.25. The van der Waals surface area contributed by atoms with Crippen LogP contribution in [0.1, 0.15) is 4.11 Å². The number of pyridine rings is 1. The number of nitrogens with zero attached hydrogens (tertiary/aromatic N) is 5. The van der Waals surface area contributed by atoms with Crippen molar-refractivity contribution in [2.75, 3.05) is 9.62 Å². The molecule has 0 atom stereocenters. The van der Waals surface area contributed by atoms with Crippen LogP contribution < -0.4 is 19.8 Å². The van der Waals surface area contributed by atoms with Crippen LogP contribution in [0, 0.1) is 3.80 Å². The molecule has 8 heteroatoms. The Kier molecular flexibility index (Phi) is 9.96. The number of anilines is 4. The van der Waals surface area contributed by atoms with E-state index in [1.54, 1.807) is 12.1 Å². The molecule has 0 N–H and O–H groups in total. The third-order valence-electron chi connectivity index (χ3n) is 12.4. The number of ether oxygens (including phenoxy) is 1. The van der Waals surface area contributed by atoms with Gasteiger partial charge in [-0.1, -0.05) is 60.7 Å². The van der Waals surface area contributed by atoms with Gasteiger partial charge in [0.05, 0.1) is 0 Å².